The highest BCUT2D eigenvalue weighted by Gasteiger charge is 2.29. The number of carbonyl (C=O) groups excluding carboxylic acids is 1. The molecule has 4 nitrogen and oxygen atoms in total. The average Bonchev–Trinajstić information content (AvgIpc) is 2.46. The van der Waals surface area contributed by atoms with Crippen molar-refractivity contribution in [1.82, 2.24) is 4.90 Å². The van der Waals surface area contributed by atoms with Gasteiger partial charge in [-0.15, -0.1) is 0 Å². The van der Waals surface area contributed by atoms with Crippen LogP contribution in [0, 0.1) is 5.92 Å². The number of carbonyl (C=O) groups is 1. The highest BCUT2D eigenvalue weighted by Crippen LogP contribution is 2.22. The van der Waals surface area contributed by atoms with Crippen molar-refractivity contribution in [1.29, 1.82) is 0 Å². The molecule has 1 aromatic rings. The normalized spacial score (nSPS) is 23.2. The number of likely N-dealkylation sites (tertiary alicyclic amines) is 1. The third-order valence-corrected chi connectivity index (χ3v) is 3.75. The first-order valence-corrected chi connectivity index (χ1v) is 6.88. The lowest BCUT2D eigenvalue weighted by Crippen LogP contribution is -2.47. The third-order valence-electron chi connectivity index (χ3n) is 3.75. The largest absolute Gasteiger partial charge is 0.445 e. The Morgan fingerprint density at radius 1 is 1.37 bits per heavy atom. The number of rotatable bonds is 3. The predicted molar refractivity (Wildman–Crippen MR) is 74.6 cm³/mol. The van der Waals surface area contributed by atoms with E-state index in [1.165, 1.54) is 0 Å². The van der Waals surface area contributed by atoms with Crippen molar-refractivity contribution in [3.8, 4) is 0 Å². The van der Waals surface area contributed by atoms with Gasteiger partial charge in [0.2, 0.25) is 0 Å². The summed E-state index contributed by atoms with van der Waals surface area (Å²) in [5.41, 5.74) is 6.71. The molecule has 4 heteroatoms. The number of nitrogens with two attached hydrogens (primary N) is 1. The molecule has 0 radical (unpaired) electrons. The van der Waals surface area contributed by atoms with Crippen LogP contribution in [0.5, 0.6) is 0 Å². The van der Waals surface area contributed by atoms with Gasteiger partial charge < -0.3 is 15.4 Å². The van der Waals surface area contributed by atoms with Crippen LogP contribution in [0.25, 0.3) is 0 Å². The summed E-state index contributed by atoms with van der Waals surface area (Å²) >= 11 is 0. The fourth-order valence-electron chi connectivity index (χ4n) is 2.43. The van der Waals surface area contributed by atoms with Crippen molar-refractivity contribution in [2.45, 2.75) is 32.4 Å². The van der Waals surface area contributed by atoms with Gasteiger partial charge in [0.05, 0.1) is 0 Å². The van der Waals surface area contributed by atoms with Crippen LogP contribution in [-0.4, -0.2) is 30.1 Å². The molecule has 1 heterocycles. The summed E-state index contributed by atoms with van der Waals surface area (Å²) in [6.45, 7) is 3.74. The van der Waals surface area contributed by atoms with Crippen LogP contribution in [0.3, 0.4) is 0 Å². The highest BCUT2D eigenvalue weighted by molar-refractivity contribution is 5.68. The Kier molecular flexibility index (Phi) is 4.80. The molecule has 104 valence electrons. The van der Waals surface area contributed by atoms with Crippen LogP contribution in [0.4, 0.5) is 4.79 Å². The minimum absolute atomic E-state index is 0.227. The summed E-state index contributed by atoms with van der Waals surface area (Å²) in [5.74, 6) is 0.403. The summed E-state index contributed by atoms with van der Waals surface area (Å²) in [6, 6.07) is 9.98. The molecule has 2 N–H and O–H groups in total. The number of benzene rings is 1. The summed E-state index contributed by atoms with van der Waals surface area (Å²) < 4.78 is 5.38. The first-order valence-electron chi connectivity index (χ1n) is 6.88. The lowest BCUT2D eigenvalue weighted by molar-refractivity contribution is 0.0600. The van der Waals surface area contributed by atoms with Crippen molar-refractivity contribution in [3.63, 3.8) is 0 Å². The van der Waals surface area contributed by atoms with Crippen LogP contribution < -0.4 is 5.73 Å². The van der Waals surface area contributed by atoms with Crippen LogP contribution >= 0.6 is 0 Å². The third kappa shape index (κ3) is 3.70. The molecular weight excluding hydrogens is 240 g/mol. The highest BCUT2D eigenvalue weighted by atomic mass is 16.6. The number of amides is 1. The Bertz CT molecular complexity index is 408. The molecule has 0 aliphatic carbocycles. The second-order valence-electron chi connectivity index (χ2n) is 5.22. The van der Waals surface area contributed by atoms with Gasteiger partial charge in [-0.25, -0.2) is 4.79 Å². The van der Waals surface area contributed by atoms with Gasteiger partial charge in [-0.3, -0.25) is 0 Å². The van der Waals surface area contributed by atoms with Gasteiger partial charge in [0.25, 0.3) is 0 Å². The molecule has 0 bridgehead atoms. The Balaban J connectivity index is 1.88. The van der Waals surface area contributed by atoms with Gasteiger partial charge in [0, 0.05) is 12.6 Å². The van der Waals surface area contributed by atoms with E-state index in [9.17, 15) is 4.79 Å². The summed E-state index contributed by atoms with van der Waals surface area (Å²) in [4.78, 5) is 13.9. The molecule has 1 aromatic carbocycles. The van der Waals surface area contributed by atoms with E-state index < -0.39 is 0 Å². The van der Waals surface area contributed by atoms with Crippen molar-refractivity contribution in [2.24, 2.45) is 11.7 Å². The lowest BCUT2D eigenvalue weighted by atomic mass is 9.94. The molecule has 0 unspecified atom stereocenters. The Morgan fingerprint density at radius 2 is 2.11 bits per heavy atom. The van der Waals surface area contributed by atoms with Gasteiger partial charge in [0.15, 0.2) is 0 Å². The van der Waals surface area contributed by atoms with Crippen molar-refractivity contribution in [2.75, 3.05) is 13.1 Å². The lowest BCUT2D eigenvalue weighted by Gasteiger charge is -2.36. The number of ether oxygens (including phenoxy) is 1. The van der Waals surface area contributed by atoms with Gasteiger partial charge >= 0.3 is 6.09 Å². The molecule has 1 fully saturated rings. The van der Waals surface area contributed by atoms with Gasteiger partial charge in [-0.05, 0) is 37.8 Å². The molecule has 1 saturated heterocycles. The molecule has 1 aliphatic heterocycles. The Labute approximate surface area is 114 Å². The zero-order valence-corrected chi connectivity index (χ0v) is 11.4. The first kappa shape index (κ1) is 13.9. The minimum atomic E-state index is -0.227. The number of piperidine rings is 1. The van der Waals surface area contributed by atoms with E-state index in [1.54, 1.807) is 0 Å². The first-order chi connectivity index (χ1) is 9.20. The maximum atomic E-state index is 12.1. The minimum Gasteiger partial charge on any atom is -0.445 e. The smallest absolute Gasteiger partial charge is 0.410 e. The van der Waals surface area contributed by atoms with Crippen LogP contribution in [0.2, 0.25) is 0 Å². The molecular formula is C15H22N2O2. The van der Waals surface area contributed by atoms with E-state index in [0.29, 0.717) is 25.6 Å². The number of nitrogens with zero attached hydrogens (tertiary/aromatic N) is 1. The monoisotopic (exact) mass is 262 g/mol. The molecule has 0 saturated carbocycles. The average molecular weight is 262 g/mol. The molecule has 2 rings (SSSR count). The predicted octanol–water partition coefficient (Wildman–Crippen LogP) is 2.38. The fraction of sp³-hybridized carbons (Fsp3) is 0.533. The number of hydrogen-bond donors (Lipinski definition) is 1. The van der Waals surface area contributed by atoms with Gasteiger partial charge in [-0.1, -0.05) is 30.3 Å². The van der Waals surface area contributed by atoms with E-state index in [1.807, 2.05) is 35.2 Å². The van der Waals surface area contributed by atoms with E-state index in [-0.39, 0.29) is 12.1 Å². The van der Waals surface area contributed by atoms with E-state index in [2.05, 4.69) is 6.92 Å². The Hall–Kier alpha value is -1.55. The molecule has 19 heavy (non-hydrogen) atoms. The number of hydrogen-bond acceptors (Lipinski definition) is 3. The summed E-state index contributed by atoms with van der Waals surface area (Å²) in [7, 11) is 0. The summed E-state index contributed by atoms with van der Waals surface area (Å²) in [5, 5.41) is 0. The maximum Gasteiger partial charge on any atom is 0.410 e. The van der Waals surface area contributed by atoms with E-state index in [4.69, 9.17) is 10.5 Å². The molecule has 0 spiro atoms. The molecule has 1 amide bonds. The molecule has 2 atom stereocenters. The molecule has 0 aromatic heterocycles. The standard InChI is InChI=1S/C15H22N2O2/c1-12-7-8-14(9-16)10-17(12)15(18)19-11-13-5-3-2-4-6-13/h2-6,12,14H,7-11,16H2,1H3/t12-,14-/m0/s1. The maximum absolute atomic E-state index is 12.1. The van der Waals surface area contributed by atoms with Crippen LogP contribution in [0.1, 0.15) is 25.3 Å². The zero-order chi connectivity index (χ0) is 13.7. The molecule has 1 aliphatic rings. The van der Waals surface area contributed by atoms with E-state index >= 15 is 0 Å². The van der Waals surface area contributed by atoms with Crippen LogP contribution in [0.15, 0.2) is 30.3 Å². The van der Waals surface area contributed by atoms with Crippen LogP contribution in [-0.2, 0) is 11.3 Å². The SMILES string of the molecule is C[C@H]1CC[C@@H](CN)CN1C(=O)OCc1ccccc1. The summed E-state index contributed by atoms with van der Waals surface area (Å²) in [6.07, 6.45) is 1.87. The van der Waals surface area contributed by atoms with Crippen molar-refractivity contribution >= 4 is 6.09 Å². The topological polar surface area (TPSA) is 55.6 Å². The zero-order valence-electron chi connectivity index (χ0n) is 11.4. The van der Waals surface area contributed by atoms with Crippen molar-refractivity contribution < 1.29 is 9.53 Å². The van der Waals surface area contributed by atoms with E-state index in [0.717, 1.165) is 18.4 Å². The fourth-order valence-corrected chi connectivity index (χ4v) is 2.43. The second kappa shape index (κ2) is 6.57. The second-order valence-corrected chi connectivity index (χ2v) is 5.22. The van der Waals surface area contributed by atoms with Crippen molar-refractivity contribution in [3.05, 3.63) is 35.9 Å². The van der Waals surface area contributed by atoms with Gasteiger partial charge in [-0.2, -0.15) is 0 Å². The quantitative estimate of drug-likeness (QED) is 0.910. The Morgan fingerprint density at radius 3 is 2.79 bits per heavy atom. The van der Waals surface area contributed by atoms with Gasteiger partial charge in [0.1, 0.15) is 6.61 Å².